The van der Waals surface area contributed by atoms with Gasteiger partial charge in [0.05, 0.1) is 6.42 Å². The highest BCUT2D eigenvalue weighted by atomic mass is 79.9. The van der Waals surface area contributed by atoms with Crippen LogP contribution in [0, 0.1) is 0 Å². The normalized spacial score (nSPS) is 16.6. The molecule has 1 aliphatic rings. The van der Waals surface area contributed by atoms with Gasteiger partial charge in [0.15, 0.2) is 0 Å². The van der Waals surface area contributed by atoms with E-state index in [4.69, 9.17) is 9.47 Å². The molecule has 1 aliphatic heterocycles. The summed E-state index contributed by atoms with van der Waals surface area (Å²) in [7, 11) is 0. The van der Waals surface area contributed by atoms with Gasteiger partial charge in [-0.1, -0.05) is 46.3 Å². The molecular weight excluding hydrogens is 472 g/mol. The number of nitrogens with zero attached hydrogens (tertiary/aromatic N) is 2. The molecule has 0 spiro atoms. The lowest BCUT2D eigenvalue weighted by Gasteiger charge is -2.40. The Labute approximate surface area is 198 Å². The Morgan fingerprint density at radius 3 is 2.47 bits per heavy atom. The molecule has 0 aromatic heterocycles. The maximum absolute atomic E-state index is 13.1. The Balaban J connectivity index is 1.62. The highest BCUT2D eigenvalue weighted by molar-refractivity contribution is 9.10. The number of halogens is 1. The highest BCUT2D eigenvalue weighted by Gasteiger charge is 2.32. The van der Waals surface area contributed by atoms with Crippen molar-refractivity contribution < 1.29 is 19.1 Å². The molecule has 0 aliphatic carbocycles. The summed E-state index contributed by atoms with van der Waals surface area (Å²) in [6.07, 6.45) is -0.0939. The van der Waals surface area contributed by atoms with Gasteiger partial charge in [-0.05, 0) is 51.5 Å². The number of carbonyl (C=O) groups excluding carboxylic acids is 2. The molecule has 3 rings (SSSR count). The smallest absolute Gasteiger partial charge is 0.410 e. The summed E-state index contributed by atoms with van der Waals surface area (Å²) >= 11 is 3.50. The summed E-state index contributed by atoms with van der Waals surface area (Å²) in [5.74, 6) is 0.717. The van der Waals surface area contributed by atoms with Crippen LogP contribution in [0.1, 0.15) is 38.8 Å². The summed E-state index contributed by atoms with van der Waals surface area (Å²) in [5.41, 5.74) is 1.36. The lowest BCUT2D eigenvalue weighted by atomic mass is 10.1. The third kappa shape index (κ3) is 6.73. The number of carbonyl (C=O) groups is 2. The first kappa shape index (κ1) is 24.1. The van der Waals surface area contributed by atoms with E-state index in [1.54, 1.807) is 4.90 Å². The fourth-order valence-electron chi connectivity index (χ4n) is 3.61. The average Bonchev–Trinajstić information content (AvgIpc) is 2.72. The molecule has 0 bridgehead atoms. The van der Waals surface area contributed by atoms with E-state index in [9.17, 15) is 9.59 Å². The molecule has 1 heterocycles. The Bertz CT molecular complexity index is 943. The SMILES string of the molecule is CC1CN(C(=O)Cc2cc(Br)ccc2OCc2ccccc2)CCN1C(=O)OC(C)(C)C. The standard InChI is InChI=1S/C25H31BrN2O4/c1-18-16-27(12-13-28(18)24(30)32-25(2,3)4)23(29)15-20-14-21(26)10-11-22(20)31-17-19-8-6-5-7-9-19/h5-11,14,18H,12-13,15-17H2,1-4H3. The van der Waals surface area contributed by atoms with Crippen LogP contribution in [0.25, 0.3) is 0 Å². The van der Waals surface area contributed by atoms with Gasteiger partial charge in [-0.3, -0.25) is 4.79 Å². The van der Waals surface area contributed by atoms with Crippen molar-refractivity contribution in [3.05, 3.63) is 64.1 Å². The van der Waals surface area contributed by atoms with E-state index in [-0.39, 0.29) is 24.5 Å². The highest BCUT2D eigenvalue weighted by Crippen LogP contribution is 2.26. The number of hydrogen-bond donors (Lipinski definition) is 0. The lowest BCUT2D eigenvalue weighted by Crippen LogP contribution is -2.56. The maximum atomic E-state index is 13.1. The van der Waals surface area contributed by atoms with Crippen molar-refractivity contribution in [2.45, 2.75) is 52.4 Å². The van der Waals surface area contributed by atoms with Gasteiger partial charge in [0.25, 0.3) is 0 Å². The fraction of sp³-hybridized carbons (Fsp3) is 0.440. The third-order valence-corrected chi connectivity index (χ3v) is 5.70. The molecule has 1 unspecified atom stereocenters. The van der Waals surface area contributed by atoms with Crippen LogP contribution >= 0.6 is 15.9 Å². The zero-order chi connectivity index (χ0) is 23.3. The molecule has 32 heavy (non-hydrogen) atoms. The number of rotatable bonds is 5. The molecule has 2 amide bonds. The Morgan fingerprint density at radius 2 is 1.81 bits per heavy atom. The van der Waals surface area contributed by atoms with Crippen LogP contribution in [0.3, 0.4) is 0 Å². The van der Waals surface area contributed by atoms with E-state index in [2.05, 4.69) is 15.9 Å². The Hall–Kier alpha value is -2.54. The molecule has 0 N–H and O–H groups in total. The number of ether oxygens (including phenoxy) is 2. The van der Waals surface area contributed by atoms with Crippen LogP contribution in [0.4, 0.5) is 4.79 Å². The number of piperazine rings is 1. The molecule has 0 radical (unpaired) electrons. The molecule has 1 fully saturated rings. The Morgan fingerprint density at radius 1 is 1.09 bits per heavy atom. The van der Waals surface area contributed by atoms with E-state index < -0.39 is 5.60 Å². The lowest BCUT2D eigenvalue weighted by molar-refractivity contribution is -0.133. The summed E-state index contributed by atoms with van der Waals surface area (Å²) in [4.78, 5) is 29.0. The minimum absolute atomic E-state index is 0.0170. The summed E-state index contributed by atoms with van der Waals surface area (Å²) in [6, 6.07) is 15.6. The van der Waals surface area contributed by atoms with Gasteiger partial charge in [-0.2, -0.15) is 0 Å². The van der Waals surface area contributed by atoms with Crippen molar-refractivity contribution in [2.75, 3.05) is 19.6 Å². The predicted molar refractivity (Wildman–Crippen MR) is 128 cm³/mol. The first-order chi connectivity index (χ1) is 15.1. The van der Waals surface area contributed by atoms with Crippen LogP contribution in [0.5, 0.6) is 5.75 Å². The van der Waals surface area contributed by atoms with E-state index in [0.29, 0.717) is 32.0 Å². The molecular formula is C25H31BrN2O4. The van der Waals surface area contributed by atoms with Crippen LogP contribution in [-0.2, 0) is 22.6 Å². The van der Waals surface area contributed by atoms with Crippen molar-refractivity contribution in [1.82, 2.24) is 9.80 Å². The number of amides is 2. The van der Waals surface area contributed by atoms with E-state index in [0.717, 1.165) is 15.6 Å². The minimum atomic E-state index is -0.541. The first-order valence-electron chi connectivity index (χ1n) is 10.8. The summed E-state index contributed by atoms with van der Waals surface area (Å²) < 4.78 is 12.4. The van der Waals surface area contributed by atoms with Crippen molar-refractivity contribution in [2.24, 2.45) is 0 Å². The molecule has 1 saturated heterocycles. The van der Waals surface area contributed by atoms with Crippen molar-refractivity contribution in [3.63, 3.8) is 0 Å². The third-order valence-electron chi connectivity index (χ3n) is 5.21. The molecule has 7 heteroatoms. The predicted octanol–water partition coefficient (Wildman–Crippen LogP) is 5.04. The van der Waals surface area contributed by atoms with Crippen LogP contribution < -0.4 is 4.74 Å². The van der Waals surface area contributed by atoms with Gasteiger partial charge in [0, 0.05) is 35.7 Å². The molecule has 2 aromatic rings. The fourth-order valence-corrected chi connectivity index (χ4v) is 4.02. The van der Waals surface area contributed by atoms with E-state index in [1.165, 1.54) is 0 Å². The van der Waals surface area contributed by atoms with E-state index in [1.807, 2.05) is 81.1 Å². The summed E-state index contributed by atoms with van der Waals surface area (Å²) in [6.45, 7) is 9.35. The molecule has 2 aromatic carbocycles. The van der Waals surface area contributed by atoms with Gasteiger partial charge >= 0.3 is 6.09 Å². The molecule has 1 atom stereocenters. The van der Waals surface area contributed by atoms with Gasteiger partial charge < -0.3 is 19.3 Å². The van der Waals surface area contributed by atoms with Gasteiger partial charge in [0.2, 0.25) is 5.91 Å². The zero-order valence-electron chi connectivity index (χ0n) is 19.1. The van der Waals surface area contributed by atoms with Crippen molar-refractivity contribution in [3.8, 4) is 5.75 Å². The maximum Gasteiger partial charge on any atom is 0.410 e. The number of benzene rings is 2. The first-order valence-corrected chi connectivity index (χ1v) is 11.6. The van der Waals surface area contributed by atoms with Crippen molar-refractivity contribution in [1.29, 1.82) is 0 Å². The molecule has 172 valence electrons. The second kappa shape index (κ2) is 10.4. The van der Waals surface area contributed by atoms with Crippen LogP contribution in [0.15, 0.2) is 53.0 Å². The molecule has 6 nitrogen and oxygen atoms in total. The van der Waals surface area contributed by atoms with Gasteiger partial charge in [-0.25, -0.2) is 4.79 Å². The second-order valence-corrected chi connectivity index (χ2v) is 9.98. The Kier molecular flexibility index (Phi) is 7.82. The monoisotopic (exact) mass is 502 g/mol. The van der Waals surface area contributed by atoms with Gasteiger partial charge in [0.1, 0.15) is 18.0 Å². The van der Waals surface area contributed by atoms with Crippen LogP contribution in [-0.4, -0.2) is 53.1 Å². The second-order valence-electron chi connectivity index (χ2n) is 9.07. The van der Waals surface area contributed by atoms with Crippen molar-refractivity contribution >= 4 is 27.9 Å². The van der Waals surface area contributed by atoms with Gasteiger partial charge in [-0.15, -0.1) is 0 Å². The average molecular weight is 503 g/mol. The number of hydrogen-bond acceptors (Lipinski definition) is 4. The molecule has 0 saturated carbocycles. The summed E-state index contributed by atoms with van der Waals surface area (Å²) in [5, 5.41) is 0. The van der Waals surface area contributed by atoms with E-state index >= 15 is 0 Å². The van der Waals surface area contributed by atoms with Crippen LogP contribution in [0.2, 0.25) is 0 Å². The topological polar surface area (TPSA) is 59.1 Å². The largest absolute Gasteiger partial charge is 0.489 e. The quantitative estimate of drug-likeness (QED) is 0.574. The minimum Gasteiger partial charge on any atom is -0.489 e. The zero-order valence-corrected chi connectivity index (χ0v) is 20.7.